The molecule has 2 rings (SSSR count). The van der Waals surface area contributed by atoms with Gasteiger partial charge in [0.15, 0.2) is 0 Å². The fourth-order valence-electron chi connectivity index (χ4n) is 2.45. The molecule has 0 saturated carbocycles. The molecule has 0 aromatic heterocycles. The average Bonchev–Trinajstić information content (AvgIpc) is 2.58. The van der Waals surface area contributed by atoms with Crippen molar-refractivity contribution in [1.82, 2.24) is 5.32 Å². The summed E-state index contributed by atoms with van der Waals surface area (Å²) in [6.07, 6.45) is 0.642. The van der Waals surface area contributed by atoms with Gasteiger partial charge in [-0.05, 0) is 41.8 Å². The van der Waals surface area contributed by atoms with Crippen LogP contribution in [-0.2, 0) is 27.2 Å². The monoisotopic (exact) mass is 343 g/mol. The zero-order valence-corrected chi connectivity index (χ0v) is 13.9. The molecule has 0 fully saturated rings. The second-order valence-electron chi connectivity index (χ2n) is 5.76. The van der Waals surface area contributed by atoms with E-state index in [0.29, 0.717) is 6.42 Å². The number of benzene rings is 2. The summed E-state index contributed by atoms with van der Waals surface area (Å²) in [5.74, 6) is -0.336. The molecular weight excluding hydrogens is 322 g/mol. The molecule has 0 saturated heterocycles. The van der Waals surface area contributed by atoms with E-state index in [1.54, 1.807) is 36.4 Å². The number of hydrogen-bond acceptors (Lipinski definition) is 5. The lowest BCUT2D eigenvalue weighted by molar-refractivity contribution is -0.141. The van der Waals surface area contributed by atoms with Gasteiger partial charge >= 0.3 is 5.97 Å². The van der Waals surface area contributed by atoms with Gasteiger partial charge in [-0.1, -0.05) is 24.3 Å². The van der Waals surface area contributed by atoms with E-state index >= 15 is 0 Å². The van der Waals surface area contributed by atoms with E-state index in [-0.39, 0.29) is 30.2 Å². The molecule has 25 heavy (non-hydrogen) atoms. The van der Waals surface area contributed by atoms with Crippen molar-refractivity contribution in [3.05, 3.63) is 59.7 Å². The first-order chi connectivity index (χ1) is 12.0. The van der Waals surface area contributed by atoms with E-state index in [9.17, 15) is 19.8 Å². The smallest absolute Gasteiger partial charge is 0.307 e. The van der Waals surface area contributed by atoms with Crippen molar-refractivity contribution >= 4 is 11.9 Å². The van der Waals surface area contributed by atoms with Gasteiger partial charge < -0.3 is 20.3 Å². The summed E-state index contributed by atoms with van der Waals surface area (Å²) < 4.78 is 4.69. The van der Waals surface area contributed by atoms with Gasteiger partial charge in [0.1, 0.15) is 11.5 Å². The maximum Gasteiger partial charge on any atom is 0.307 e. The van der Waals surface area contributed by atoms with Gasteiger partial charge in [-0.25, -0.2) is 0 Å². The number of phenolic OH excluding ortho intramolecular Hbond substituents is 2. The maximum absolute atomic E-state index is 12.3. The van der Waals surface area contributed by atoms with E-state index in [4.69, 9.17) is 4.74 Å². The van der Waals surface area contributed by atoms with Crippen LogP contribution in [0.2, 0.25) is 0 Å². The van der Waals surface area contributed by atoms with Crippen LogP contribution in [0.5, 0.6) is 11.5 Å². The Morgan fingerprint density at radius 3 is 2.00 bits per heavy atom. The van der Waals surface area contributed by atoms with E-state index in [0.717, 1.165) is 11.1 Å². The van der Waals surface area contributed by atoms with Gasteiger partial charge in [-0.2, -0.15) is 0 Å². The van der Waals surface area contributed by atoms with Crippen molar-refractivity contribution < 1.29 is 24.5 Å². The number of phenols is 2. The van der Waals surface area contributed by atoms with E-state index in [1.165, 1.54) is 19.2 Å². The molecular formula is C19H21NO5. The SMILES string of the molecule is COC(=O)CC(Cc1ccc(O)cc1)NC(=O)Cc1ccc(O)cc1. The highest BCUT2D eigenvalue weighted by Crippen LogP contribution is 2.14. The Kier molecular flexibility index (Phi) is 6.39. The zero-order chi connectivity index (χ0) is 18.2. The summed E-state index contributed by atoms with van der Waals surface area (Å²) in [6, 6.07) is 12.6. The normalized spacial score (nSPS) is 11.6. The van der Waals surface area contributed by atoms with Crippen molar-refractivity contribution in [2.24, 2.45) is 0 Å². The molecule has 6 nitrogen and oxygen atoms in total. The van der Waals surface area contributed by atoms with Crippen molar-refractivity contribution in [2.45, 2.75) is 25.3 Å². The van der Waals surface area contributed by atoms with E-state index in [1.807, 2.05) is 0 Å². The van der Waals surface area contributed by atoms with Crippen LogP contribution in [0.25, 0.3) is 0 Å². The van der Waals surface area contributed by atoms with Gasteiger partial charge in [0.2, 0.25) is 5.91 Å². The zero-order valence-electron chi connectivity index (χ0n) is 13.9. The van der Waals surface area contributed by atoms with Crippen LogP contribution >= 0.6 is 0 Å². The molecule has 2 aromatic carbocycles. The maximum atomic E-state index is 12.3. The topological polar surface area (TPSA) is 95.9 Å². The van der Waals surface area contributed by atoms with Gasteiger partial charge in [-0.3, -0.25) is 9.59 Å². The second-order valence-corrected chi connectivity index (χ2v) is 5.76. The number of carbonyl (C=O) groups excluding carboxylic acids is 2. The summed E-state index contributed by atoms with van der Waals surface area (Å²) in [5, 5.41) is 21.5. The van der Waals surface area contributed by atoms with E-state index in [2.05, 4.69) is 5.32 Å². The molecule has 0 spiro atoms. The third-order valence-corrected chi connectivity index (χ3v) is 3.73. The van der Waals surface area contributed by atoms with Crippen LogP contribution < -0.4 is 5.32 Å². The first-order valence-electron chi connectivity index (χ1n) is 7.88. The molecule has 3 N–H and O–H groups in total. The Balaban J connectivity index is 2.01. The van der Waals surface area contributed by atoms with Crippen LogP contribution in [0.1, 0.15) is 17.5 Å². The number of aromatic hydroxyl groups is 2. The van der Waals surface area contributed by atoms with Crippen LogP contribution in [0.4, 0.5) is 0 Å². The molecule has 0 aliphatic rings. The first kappa shape index (κ1) is 18.3. The number of methoxy groups -OCH3 is 1. The minimum absolute atomic E-state index is 0.0543. The molecule has 0 aliphatic carbocycles. The van der Waals surface area contributed by atoms with Gasteiger partial charge in [0.05, 0.1) is 20.0 Å². The number of hydrogen-bond donors (Lipinski definition) is 3. The average molecular weight is 343 g/mol. The second kappa shape index (κ2) is 8.73. The number of ether oxygens (including phenoxy) is 1. The van der Waals surface area contributed by atoms with Gasteiger partial charge in [0.25, 0.3) is 0 Å². The third kappa shape index (κ3) is 6.18. The van der Waals surface area contributed by atoms with Crippen LogP contribution in [0, 0.1) is 0 Å². The Bertz CT molecular complexity index is 710. The highest BCUT2D eigenvalue weighted by atomic mass is 16.5. The van der Waals surface area contributed by atoms with Crippen molar-refractivity contribution in [2.75, 3.05) is 7.11 Å². The van der Waals surface area contributed by atoms with Crippen LogP contribution in [0.15, 0.2) is 48.5 Å². The lowest BCUT2D eigenvalue weighted by Crippen LogP contribution is -2.39. The number of rotatable bonds is 7. The quantitative estimate of drug-likeness (QED) is 0.668. The van der Waals surface area contributed by atoms with Crippen molar-refractivity contribution in [1.29, 1.82) is 0 Å². The Morgan fingerprint density at radius 2 is 1.48 bits per heavy atom. The molecule has 2 aromatic rings. The van der Waals surface area contributed by atoms with Crippen LogP contribution in [0.3, 0.4) is 0 Å². The summed E-state index contributed by atoms with van der Waals surface area (Å²) >= 11 is 0. The fourth-order valence-corrected chi connectivity index (χ4v) is 2.45. The molecule has 1 amide bonds. The summed E-state index contributed by atoms with van der Waals surface area (Å²) in [7, 11) is 1.30. The lowest BCUT2D eigenvalue weighted by Gasteiger charge is -2.18. The highest BCUT2D eigenvalue weighted by molar-refractivity contribution is 5.80. The number of esters is 1. The predicted molar refractivity (Wildman–Crippen MR) is 92.2 cm³/mol. The Morgan fingerprint density at radius 1 is 0.960 bits per heavy atom. The molecule has 0 heterocycles. The van der Waals surface area contributed by atoms with Crippen molar-refractivity contribution in [3.8, 4) is 11.5 Å². The Hall–Kier alpha value is -3.02. The fraction of sp³-hybridized carbons (Fsp3) is 0.263. The highest BCUT2D eigenvalue weighted by Gasteiger charge is 2.18. The molecule has 0 radical (unpaired) electrons. The third-order valence-electron chi connectivity index (χ3n) is 3.73. The Labute approximate surface area is 146 Å². The number of amides is 1. The molecule has 132 valence electrons. The molecule has 1 unspecified atom stereocenters. The molecule has 0 bridgehead atoms. The minimum atomic E-state index is -0.415. The molecule has 6 heteroatoms. The summed E-state index contributed by atoms with van der Waals surface area (Å²) in [6.45, 7) is 0. The summed E-state index contributed by atoms with van der Waals surface area (Å²) in [5.41, 5.74) is 1.65. The van der Waals surface area contributed by atoms with Crippen molar-refractivity contribution in [3.63, 3.8) is 0 Å². The van der Waals surface area contributed by atoms with Gasteiger partial charge in [-0.15, -0.1) is 0 Å². The summed E-state index contributed by atoms with van der Waals surface area (Å²) in [4.78, 5) is 23.9. The predicted octanol–water partition coefficient (Wildman–Crippen LogP) is 1.93. The van der Waals surface area contributed by atoms with Gasteiger partial charge in [0, 0.05) is 6.04 Å². The number of carbonyl (C=O) groups is 2. The minimum Gasteiger partial charge on any atom is -0.508 e. The lowest BCUT2D eigenvalue weighted by atomic mass is 10.0. The largest absolute Gasteiger partial charge is 0.508 e. The first-order valence-corrected chi connectivity index (χ1v) is 7.88. The van der Waals surface area contributed by atoms with E-state index < -0.39 is 12.0 Å². The van der Waals surface area contributed by atoms with Crippen LogP contribution in [-0.4, -0.2) is 35.2 Å². The molecule has 0 aliphatic heterocycles. The number of nitrogens with one attached hydrogen (secondary N) is 1. The molecule has 1 atom stereocenters. The standard InChI is InChI=1S/C19H21NO5/c1-25-19(24)12-15(10-13-2-6-16(21)7-3-13)20-18(23)11-14-4-8-17(22)9-5-14/h2-9,15,21-22H,10-12H2,1H3,(H,20,23).